The van der Waals surface area contributed by atoms with Gasteiger partial charge in [-0.15, -0.1) is 0 Å². The fourth-order valence-electron chi connectivity index (χ4n) is 4.93. The van der Waals surface area contributed by atoms with Crippen molar-refractivity contribution in [2.75, 3.05) is 4.90 Å². The Hall–Kier alpha value is -2.32. The highest BCUT2D eigenvalue weighted by Gasteiger charge is 2.43. The van der Waals surface area contributed by atoms with E-state index in [1.165, 1.54) is 11.3 Å². The van der Waals surface area contributed by atoms with Gasteiger partial charge in [0.05, 0.1) is 15.9 Å². The molecule has 2 unspecified atom stereocenters. The van der Waals surface area contributed by atoms with Gasteiger partial charge in [0.1, 0.15) is 5.78 Å². The fraction of sp³-hybridized carbons (Fsp3) is 0.375. The van der Waals surface area contributed by atoms with Gasteiger partial charge in [-0.05, 0) is 62.1 Å². The van der Waals surface area contributed by atoms with Crippen LogP contribution in [0.5, 0.6) is 0 Å². The SMILES string of the molecule is O=C1C2CCCC1CC(C(=O)N(c1ccc(SC(F)F)cc1)c1nc3ccccc3s1)C2. The molecule has 5 rings (SSSR count). The van der Waals surface area contributed by atoms with Gasteiger partial charge in [-0.3, -0.25) is 14.5 Å². The van der Waals surface area contributed by atoms with Crippen molar-refractivity contribution >= 4 is 55.8 Å². The predicted molar refractivity (Wildman–Crippen MR) is 124 cm³/mol. The number of nitrogens with zero attached hydrogens (tertiary/aromatic N) is 2. The van der Waals surface area contributed by atoms with Crippen LogP contribution < -0.4 is 4.90 Å². The minimum absolute atomic E-state index is 0.0292. The maximum atomic E-state index is 13.8. The smallest absolute Gasteiger partial charge is 0.288 e. The monoisotopic (exact) mass is 472 g/mol. The summed E-state index contributed by atoms with van der Waals surface area (Å²) in [6.07, 6.45) is 3.93. The van der Waals surface area contributed by atoms with Crippen LogP contribution in [0.2, 0.25) is 0 Å². The number of rotatable bonds is 5. The van der Waals surface area contributed by atoms with Crippen LogP contribution >= 0.6 is 23.1 Å². The molecule has 2 aliphatic rings. The standard InChI is InChI=1S/C24H22F2N2O2S2/c25-23(26)31-18-10-8-17(9-11-18)28(24-27-19-6-1-2-7-20(19)32-24)22(30)16-12-14-4-3-5-15(13-16)21(14)29/h1-2,6-11,14-16,23H,3-5,12-13H2. The summed E-state index contributed by atoms with van der Waals surface area (Å²) >= 11 is 1.91. The predicted octanol–water partition coefficient (Wildman–Crippen LogP) is 6.67. The molecule has 0 radical (unpaired) electrons. The molecule has 32 heavy (non-hydrogen) atoms. The molecule has 0 N–H and O–H groups in total. The van der Waals surface area contributed by atoms with Gasteiger partial charge in [-0.2, -0.15) is 8.78 Å². The van der Waals surface area contributed by atoms with E-state index in [-0.39, 0.29) is 23.7 Å². The van der Waals surface area contributed by atoms with Gasteiger partial charge >= 0.3 is 0 Å². The number of hydrogen-bond donors (Lipinski definition) is 0. The number of hydrogen-bond acceptors (Lipinski definition) is 5. The van der Waals surface area contributed by atoms with E-state index < -0.39 is 5.76 Å². The lowest BCUT2D eigenvalue weighted by Gasteiger charge is -2.38. The van der Waals surface area contributed by atoms with E-state index in [9.17, 15) is 18.4 Å². The quantitative estimate of drug-likeness (QED) is 0.389. The van der Waals surface area contributed by atoms with Crippen LogP contribution in [-0.4, -0.2) is 22.4 Å². The van der Waals surface area contributed by atoms with Gasteiger partial charge in [-0.1, -0.05) is 41.7 Å². The Balaban J connectivity index is 1.50. The Morgan fingerprint density at radius 2 is 1.75 bits per heavy atom. The number of aromatic nitrogens is 1. The molecule has 4 nitrogen and oxygen atoms in total. The number of halogens is 2. The third-order valence-corrected chi connectivity index (χ3v) is 8.16. The van der Waals surface area contributed by atoms with Crippen molar-refractivity contribution in [1.29, 1.82) is 0 Å². The van der Waals surface area contributed by atoms with Gasteiger partial charge in [0.15, 0.2) is 5.13 Å². The maximum absolute atomic E-state index is 13.8. The number of alkyl halides is 2. The Labute approximate surface area is 193 Å². The highest BCUT2D eigenvalue weighted by molar-refractivity contribution is 7.99. The van der Waals surface area contributed by atoms with E-state index in [0.29, 0.717) is 46.1 Å². The summed E-state index contributed by atoms with van der Waals surface area (Å²) in [4.78, 5) is 33.1. The van der Waals surface area contributed by atoms with Crippen molar-refractivity contribution in [2.24, 2.45) is 17.8 Å². The lowest BCUT2D eigenvalue weighted by atomic mass is 9.67. The molecule has 1 heterocycles. The molecule has 2 aliphatic carbocycles. The Bertz CT molecular complexity index is 1100. The molecular weight excluding hydrogens is 450 g/mol. The fourth-order valence-corrected chi connectivity index (χ4v) is 6.42. The van der Waals surface area contributed by atoms with Crippen LogP contribution in [0.4, 0.5) is 19.6 Å². The average molecular weight is 473 g/mol. The van der Waals surface area contributed by atoms with E-state index >= 15 is 0 Å². The van der Waals surface area contributed by atoms with Crippen molar-refractivity contribution in [1.82, 2.24) is 4.98 Å². The number of anilines is 2. The first-order chi connectivity index (χ1) is 15.5. The number of thioether (sulfide) groups is 1. The topological polar surface area (TPSA) is 50.3 Å². The summed E-state index contributed by atoms with van der Waals surface area (Å²) in [5, 5.41) is 0.563. The zero-order valence-electron chi connectivity index (χ0n) is 17.2. The molecule has 0 aliphatic heterocycles. The second-order valence-corrected chi connectivity index (χ2v) is 10.5. The number of benzene rings is 2. The maximum Gasteiger partial charge on any atom is 0.288 e. The summed E-state index contributed by atoms with van der Waals surface area (Å²) in [6, 6.07) is 14.3. The van der Waals surface area contributed by atoms with Crippen LogP contribution in [0, 0.1) is 17.8 Å². The number of thiazole rings is 1. The summed E-state index contributed by atoms with van der Waals surface area (Å²) in [7, 11) is 0. The van der Waals surface area contributed by atoms with Crippen molar-refractivity contribution in [2.45, 2.75) is 42.8 Å². The molecule has 0 spiro atoms. The number of ketones is 1. The lowest BCUT2D eigenvalue weighted by molar-refractivity contribution is -0.136. The molecular formula is C24H22F2N2O2S2. The molecule has 2 saturated carbocycles. The zero-order valence-corrected chi connectivity index (χ0v) is 18.9. The van der Waals surface area contributed by atoms with Gasteiger partial charge in [-0.25, -0.2) is 4.98 Å². The first-order valence-electron chi connectivity index (χ1n) is 10.8. The molecule has 8 heteroatoms. The highest BCUT2D eigenvalue weighted by Crippen LogP contribution is 2.43. The molecule has 3 aromatic rings. The van der Waals surface area contributed by atoms with Crippen molar-refractivity contribution in [3.63, 3.8) is 0 Å². The summed E-state index contributed by atoms with van der Waals surface area (Å²) in [5.74, 6) is -2.55. The minimum atomic E-state index is -2.50. The average Bonchev–Trinajstić information content (AvgIpc) is 3.18. The van der Waals surface area contributed by atoms with E-state index in [2.05, 4.69) is 0 Å². The molecule has 2 fully saturated rings. The van der Waals surface area contributed by atoms with Gasteiger partial charge in [0, 0.05) is 22.6 Å². The van der Waals surface area contributed by atoms with Crippen molar-refractivity contribution < 1.29 is 18.4 Å². The van der Waals surface area contributed by atoms with Gasteiger partial charge in [0.2, 0.25) is 5.91 Å². The molecule has 2 aromatic carbocycles. The number of carbonyl (C=O) groups excluding carboxylic acids is 2. The normalized spacial score (nSPS) is 23.0. The third kappa shape index (κ3) is 4.18. The first-order valence-corrected chi connectivity index (χ1v) is 12.5. The van der Waals surface area contributed by atoms with Crippen LogP contribution in [0.1, 0.15) is 32.1 Å². The summed E-state index contributed by atoms with van der Waals surface area (Å²) in [6.45, 7) is 0. The van der Waals surface area contributed by atoms with E-state index in [1.807, 2.05) is 24.3 Å². The molecule has 0 saturated heterocycles. The second kappa shape index (κ2) is 8.90. The van der Waals surface area contributed by atoms with Crippen LogP contribution in [-0.2, 0) is 9.59 Å². The van der Waals surface area contributed by atoms with E-state index in [0.717, 1.165) is 29.5 Å². The number of fused-ring (bicyclic) bond motifs is 3. The second-order valence-electron chi connectivity index (χ2n) is 8.41. The summed E-state index contributed by atoms with van der Waals surface area (Å²) in [5.41, 5.74) is 1.42. The molecule has 1 aromatic heterocycles. The minimum Gasteiger partial charge on any atom is -0.299 e. The van der Waals surface area contributed by atoms with Gasteiger partial charge in [0.25, 0.3) is 5.76 Å². The largest absolute Gasteiger partial charge is 0.299 e. The molecule has 2 atom stereocenters. The number of Topliss-reactive ketones (excluding diaryl/α,β-unsaturated/α-hetero) is 1. The molecule has 2 bridgehead atoms. The number of amides is 1. The first kappa shape index (κ1) is 21.5. The number of para-hydroxylation sites is 1. The van der Waals surface area contributed by atoms with E-state index in [4.69, 9.17) is 4.98 Å². The molecule has 166 valence electrons. The summed E-state index contributed by atoms with van der Waals surface area (Å²) < 4.78 is 26.5. The Kier molecular flexibility index (Phi) is 5.99. The highest BCUT2D eigenvalue weighted by atomic mass is 32.2. The lowest BCUT2D eigenvalue weighted by Crippen LogP contribution is -2.43. The third-order valence-electron chi connectivity index (χ3n) is 6.41. The molecule has 1 amide bonds. The Morgan fingerprint density at radius 3 is 2.41 bits per heavy atom. The van der Waals surface area contributed by atoms with Crippen LogP contribution in [0.3, 0.4) is 0 Å². The zero-order chi connectivity index (χ0) is 22.2. The number of carbonyl (C=O) groups is 2. The van der Waals surface area contributed by atoms with Crippen LogP contribution in [0.25, 0.3) is 10.2 Å². The van der Waals surface area contributed by atoms with Gasteiger partial charge < -0.3 is 0 Å². The Morgan fingerprint density at radius 1 is 1.06 bits per heavy atom. The van der Waals surface area contributed by atoms with Crippen molar-refractivity contribution in [3.8, 4) is 0 Å². The van der Waals surface area contributed by atoms with Crippen molar-refractivity contribution in [3.05, 3.63) is 48.5 Å². The van der Waals surface area contributed by atoms with E-state index in [1.54, 1.807) is 29.2 Å². The van der Waals surface area contributed by atoms with Crippen LogP contribution in [0.15, 0.2) is 53.4 Å².